The fourth-order valence-corrected chi connectivity index (χ4v) is 1.20. The van der Waals surface area contributed by atoms with Crippen LogP contribution >= 0.6 is 0 Å². The molecule has 1 aromatic heterocycles. The number of nitrogens with one attached hydrogen (secondary N) is 2. The van der Waals surface area contributed by atoms with Gasteiger partial charge in [0.2, 0.25) is 0 Å². The van der Waals surface area contributed by atoms with Crippen LogP contribution in [0.25, 0.3) is 0 Å². The van der Waals surface area contributed by atoms with E-state index in [1.165, 1.54) is 6.20 Å². The molecule has 2 N–H and O–H groups in total. The summed E-state index contributed by atoms with van der Waals surface area (Å²) in [7, 11) is 0. The topological polar surface area (TPSA) is 66.9 Å². The summed E-state index contributed by atoms with van der Waals surface area (Å²) < 4.78 is 0. The molecule has 0 spiro atoms. The largest absolute Gasteiger partial charge is 0.369 e. The van der Waals surface area contributed by atoms with Crippen molar-refractivity contribution in [3.8, 4) is 0 Å². The van der Waals surface area contributed by atoms with E-state index in [1.807, 2.05) is 6.92 Å². The Bertz CT molecular complexity index is 345. The normalized spacial score (nSPS) is 14.7. The molecule has 0 aromatic carbocycles. The Hall–Kier alpha value is -1.65. The Kier molecular flexibility index (Phi) is 2.80. The van der Waals surface area contributed by atoms with Gasteiger partial charge in [0.25, 0.3) is 5.91 Å². The number of carbonyl (C=O) groups is 1. The molecule has 0 radical (unpaired) electrons. The average molecular weight is 206 g/mol. The van der Waals surface area contributed by atoms with E-state index in [2.05, 4.69) is 20.6 Å². The predicted molar refractivity (Wildman–Crippen MR) is 56.7 cm³/mol. The third-order valence-electron chi connectivity index (χ3n) is 2.15. The zero-order chi connectivity index (χ0) is 10.7. The molecule has 1 aromatic rings. The summed E-state index contributed by atoms with van der Waals surface area (Å²) in [5.74, 6) is 0.563. The third kappa shape index (κ3) is 2.65. The SMILES string of the molecule is CCNc1cnc(C(=O)NC2CC2)cn1. The average Bonchev–Trinajstić information content (AvgIpc) is 3.03. The maximum absolute atomic E-state index is 11.5. The Morgan fingerprint density at radius 2 is 2.27 bits per heavy atom. The molecule has 2 rings (SSSR count). The molecule has 5 nitrogen and oxygen atoms in total. The van der Waals surface area contributed by atoms with E-state index in [-0.39, 0.29) is 5.91 Å². The molecule has 1 amide bonds. The van der Waals surface area contributed by atoms with E-state index < -0.39 is 0 Å². The highest BCUT2D eigenvalue weighted by molar-refractivity contribution is 5.92. The number of carbonyl (C=O) groups excluding carboxylic acids is 1. The Morgan fingerprint density at radius 3 is 2.80 bits per heavy atom. The van der Waals surface area contributed by atoms with Crippen LogP contribution in [0.1, 0.15) is 30.3 Å². The quantitative estimate of drug-likeness (QED) is 0.764. The van der Waals surface area contributed by atoms with E-state index >= 15 is 0 Å². The van der Waals surface area contributed by atoms with Crippen molar-refractivity contribution in [3.63, 3.8) is 0 Å². The fraction of sp³-hybridized carbons (Fsp3) is 0.500. The summed E-state index contributed by atoms with van der Waals surface area (Å²) in [5, 5.41) is 5.88. The maximum Gasteiger partial charge on any atom is 0.271 e. The molecule has 1 aliphatic rings. The van der Waals surface area contributed by atoms with Crippen LogP contribution in [0.2, 0.25) is 0 Å². The molecule has 0 unspecified atom stereocenters. The molecule has 0 aliphatic heterocycles. The molecule has 1 aliphatic carbocycles. The number of rotatable bonds is 4. The van der Waals surface area contributed by atoms with Crippen molar-refractivity contribution in [1.82, 2.24) is 15.3 Å². The second-order valence-corrected chi connectivity index (χ2v) is 3.56. The molecule has 80 valence electrons. The highest BCUT2D eigenvalue weighted by Crippen LogP contribution is 2.18. The van der Waals surface area contributed by atoms with Crippen LogP contribution in [0.4, 0.5) is 5.82 Å². The summed E-state index contributed by atoms with van der Waals surface area (Å²) in [5.41, 5.74) is 0.378. The van der Waals surface area contributed by atoms with E-state index in [1.54, 1.807) is 6.20 Å². The molecular formula is C10H14N4O. The molecule has 1 saturated carbocycles. The molecule has 5 heteroatoms. The minimum atomic E-state index is -0.131. The van der Waals surface area contributed by atoms with Gasteiger partial charge in [0.05, 0.1) is 12.4 Å². The molecule has 1 heterocycles. The van der Waals surface area contributed by atoms with Gasteiger partial charge in [-0.15, -0.1) is 0 Å². The van der Waals surface area contributed by atoms with Crippen LogP contribution in [-0.4, -0.2) is 28.5 Å². The third-order valence-corrected chi connectivity index (χ3v) is 2.15. The summed E-state index contributed by atoms with van der Waals surface area (Å²) >= 11 is 0. The molecular weight excluding hydrogens is 192 g/mol. The minimum absolute atomic E-state index is 0.131. The van der Waals surface area contributed by atoms with Crippen LogP contribution in [0.5, 0.6) is 0 Å². The van der Waals surface area contributed by atoms with Crippen molar-refractivity contribution in [2.45, 2.75) is 25.8 Å². The van der Waals surface area contributed by atoms with Crippen molar-refractivity contribution in [2.24, 2.45) is 0 Å². The second kappa shape index (κ2) is 4.25. The van der Waals surface area contributed by atoms with Gasteiger partial charge >= 0.3 is 0 Å². The van der Waals surface area contributed by atoms with E-state index in [0.717, 1.165) is 19.4 Å². The number of amides is 1. The molecule has 0 saturated heterocycles. The monoisotopic (exact) mass is 206 g/mol. The van der Waals surface area contributed by atoms with Gasteiger partial charge in [0.15, 0.2) is 0 Å². The van der Waals surface area contributed by atoms with Crippen LogP contribution in [-0.2, 0) is 0 Å². The van der Waals surface area contributed by atoms with Gasteiger partial charge in [-0.05, 0) is 19.8 Å². The first kappa shape index (κ1) is 9.89. The molecule has 15 heavy (non-hydrogen) atoms. The zero-order valence-corrected chi connectivity index (χ0v) is 8.66. The van der Waals surface area contributed by atoms with Crippen molar-refractivity contribution >= 4 is 11.7 Å². The Morgan fingerprint density at radius 1 is 1.47 bits per heavy atom. The van der Waals surface area contributed by atoms with Gasteiger partial charge in [-0.3, -0.25) is 4.79 Å². The zero-order valence-electron chi connectivity index (χ0n) is 8.66. The summed E-state index contributed by atoms with van der Waals surface area (Å²) in [6.07, 6.45) is 5.23. The van der Waals surface area contributed by atoms with Gasteiger partial charge < -0.3 is 10.6 Å². The standard InChI is InChI=1S/C10H14N4O/c1-2-11-9-6-12-8(5-13-9)10(15)14-7-3-4-7/h5-7H,2-4H2,1H3,(H,11,13)(H,14,15). The maximum atomic E-state index is 11.5. The number of aromatic nitrogens is 2. The number of anilines is 1. The second-order valence-electron chi connectivity index (χ2n) is 3.56. The number of hydrogen-bond acceptors (Lipinski definition) is 4. The lowest BCUT2D eigenvalue weighted by Gasteiger charge is -2.03. The highest BCUT2D eigenvalue weighted by Gasteiger charge is 2.24. The van der Waals surface area contributed by atoms with Gasteiger partial charge in [0.1, 0.15) is 11.5 Å². The molecule has 0 bridgehead atoms. The number of hydrogen-bond donors (Lipinski definition) is 2. The van der Waals surface area contributed by atoms with Crippen LogP contribution < -0.4 is 10.6 Å². The van der Waals surface area contributed by atoms with Crippen LogP contribution in [0.3, 0.4) is 0 Å². The van der Waals surface area contributed by atoms with Crippen molar-refractivity contribution in [2.75, 3.05) is 11.9 Å². The smallest absolute Gasteiger partial charge is 0.271 e. The van der Waals surface area contributed by atoms with Gasteiger partial charge in [0, 0.05) is 12.6 Å². The highest BCUT2D eigenvalue weighted by atomic mass is 16.2. The van der Waals surface area contributed by atoms with Crippen molar-refractivity contribution < 1.29 is 4.79 Å². The lowest BCUT2D eigenvalue weighted by molar-refractivity contribution is 0.0945. The van der Waals surface area contributed by atoms with Crippen LogP contribution in [0.15, 0.2) is 12.4 Å². The lowest BCUT2D eigenvalue weighted by Crippen LogP contribution is -2.26. The van der Waals surface area contributed by atoms with Gasteiger partial charge in [-0.25, -0.2) is 9.97 Å². The van der Waals surface area contributed by atoms with E-state index in [4.69, 9.17) is 0 Å². The summed E-state index contributed by atoms with van der Waals surface area (Å²) in [4.78, 5) is 19.7. The van der Waals surface area contributed by atoms with E-state index in [9.17, 15) is 4.79 Å². The number of nitrogens with zero attached hydrogens (tertiary/aromatic N) is 2. The summed E-state index contributed by atoms with van der Waals surface area (Å²) in [6.45, 7) is 2.78. The van der Waals surface area contributed by atoms with Crippen molar-refractivity contribution in [1.29, 1.82) is 0 Å². The first-order valence-electron chi connectivity index (χ1n) is 5.16. The minimum Gasteiger partial charge on any atom is -0.369 e. The predicted octanol–water partition coefficient (Wildman–Crippen LogP) is 0.801. The fourth-order valence-electron chi connectivity index (χ4n) is 1.20. The van der Waals surface area contributed by atoms with E-state index in [0.29, 0.717) is 17.6 Å². The van der Waals surface area contributed by atoms with Gasteiger partial charge in [-0.1, -0.05) is 0 Å². The van der Waals surface area contributed by atoms with Gasteiger partial charge in [-0.2, -0.15) is 0 Å². The first-order chi connectivity index (χ1) is 7.29. The first-order valence-corrected chi connectivity index (χ1v) is 5.16. The Labute approximate surface area is 88.3 Å². The van der Waals surface area contributed by atoms with Crippen LogP contribution in [0, 0.1) is 0 Å². The summed E-state index contributed by atoms with van der Waals surface area (Å²) in [6, 6.07) is 0.354. The molecule has 0 atom stereocenters. The lowest BCUT2D eigenvalue weighted by atomic mass is 10.4. The van der Waals surface area contributed by atoms with Crippen molar-refractivity contribution in [3.05, 3.63) is 18.1 Å². The molecule has 1 fully saturated rings. The Balaban J connectivity index is 1.98.